The predicted molar refractivity (Wildman–Crippen MR) is 122 cm³/mol. The molecule has 1 aromatic carbocycles. The number of morpholine rings is 1. The van der Waals surface area contributed by atoms with Crippen LogP contribution in [-0.4, -0.2) is 92.7 Å². The van der Waals surface area contributed by atoms with Gasteiger partial charge in [0.2, 0.25) is 5.95 Å². The zero-order valence-corrected chi connectivity index (χ0v) is 19.0. The van der Waals surface area contributed by atoms with E-state index in [9.17, 15) is 13.2 Å². The van der Waals surface area contributed by atoms with Crippen molar-refractivity contribution >= 4 is 11.8 Å². The standard InChI is InChI=1S/C22H31F3N6O2/c1-30(2)9-4-7-27-21-28-19(17-5-3-6-18(15-17)33-22(23,24)25)16-20(29-21)26-8-10-31-11-13-32-14-12-31/h3,5-6,15-16H,4,7-14H2,1-2H3,(H2,26,27,28,29). The first-order valence-corrected chi connectivity index (χ1v) is 11.0. The Kier molecular flexibility index (Phi) is 9.10. The van der Waals surface area contributed by atoms with Gasteiger partial charge in [0.15, 0.2) is 0 Å². The van der Waals surface area contributed by atoms with Crippen molar-refractivity contribution in [3.8, 4) is 17.0 Å². The topological polar surface area (TPSA) is 74.8 Å². The molecule has 1 saturated heterocycles. The molecule has 0 bridgehead atoms. The fraction of sp³-hybridized carbons (Fsp3) is 0.545. The van der Waals surface area contributed by atoms with Crippen LogP contribution in [-0.2, 0) is 4.74 Å². The summed E-state index contributed by atoms with van der Waals surface area (Å²) in [4.78, 5) is 13.4. The molecular formula is C22H31F3N6O2. The fourth-order valence-electron chi connectivity index (χ4n) is 3.38. The van der Waals surface area contributed by atoms with Crippen LogP contribution in [0.4, 0.5) is 24.9 Å². The van der Waals surface area contributed by atoms with E-state index in [0.717, 1.165) is 45.8 Å². The van der Waals surface area contributed by atoms with Crippen LogP contribution in [0.25, 0.3) is 11.3 Å². The molecule has 0 atom stereocenters. The third-order valence-corrected chi connectivity index (χ3v) is 4.99. The minimum absolute atomic E-state index is 0.291. The van der Waals surface area contributed by atoms with Crippen molar-refractivity contribution in [1.29, 1.82) is 0 Å². The molecular weight excluding hydrogens is 437 g/mol. The summed E-state index contributed by atoms with van der Waals surface area (Å²) in [6.07, 6.45) is -3.86. The SMILES string of the molecule is CN(C)CCCNc1nc(NCCN2CCOCC2)cc(-c2cccc(OC(F)(F)F)c2)n1. The largest absolute Gasteiger partial charge is 0.573 e. The molecule has 2 aromatic rings. The van der Waals surface area contributed by atoms with Crippen LogP contribution in [0.2, 0.25) is 0 Å². The van der Waals surface area contributed by atoms with Crippen molar-refractivity contribution in [3.63, 3.8) is 0 Å². The highest BCUT2D eigenvalue weighted by Gasteiger charge is 2.31. The molecule has 1 fully saturated rings. The molecule has 2 N–H and O–H groups in total. The summed E-state index contributed by atoms with van der Waals surface area (Å²) in [5.74, 6) is 0.730. The van der Waals surface area contributed by atoms with E-state index in [2.05, 4.69) is 35.1 Å². The molecule has 33 heavy (non-hydrogen) atoms. The maximum absolute atomic E-state index is 12.6. The molecule has 1 aromatic heterocycles. The van der Waals surface area contributed by atoms with E-state index in [1.807, 2.05) is 14.1 Å². The highest BCUT2D eigenvalue weighted by molar-refractivity contribution is 5.65. The Hall–Kier alpha value is -2.63. The molecule has 182 valence electrons. The van der Waals surface area contributed by atoms with Gasteiger partial charge in [-0.2, -0.15) is 4.98 Å². The molecule has 8 nitrogen and oxygen atoms in total. The van der Waals surface area contributed by atoms with Gasteiger partial charge in [0.05, 0.1) is 18.9 Å². The van der Waals surface area contributed by atoms with Gasteiger partial charge < -0.3 is 25.0 Å². The lowest BCUT2D eigenvalue weighted by Gasteiger charge is -2.26. The van der Waals surface area contributed by atoms with Crippen molar-refractivity contribution in [2.75, 3.05) is 77.2 Å². The molecule has 0 unspecified atom stereocenters. The van der Waals surface area contributed by atoms with Gasteiger partial charge in [-0.05, 0) is 39.2 Å². The van der Waals surface area contributed by atoms with Crippen LogP contribution in [0.1, 0.15) is 6.42 Å². The Labute approximate surface area is 192 Å². The molecule has 11 heteroatoms. The second-order valence-electron chi connectivity index (χ2n) is 8.00. The molecule has 1 aliphatic rings. The zero-order valence-electron chi connectivity index (χ0n) is 19.0. The van der Waals surface area contributed by atoms with Crippen molar-refractivity contribution < 1.29 is 22.6 Å². The molecule has 0 radical (unpaired) electrons. The van der Waals surface area contributed by atoms with Gasteiger partial charge in [-0.25, -0.2) is 4.98 Å². The van der Waals surface area contributed by atoms with Crippen molar-refractivity contribution in [3.05, 3.63) is 30.3 Å². The van der Waals surface area contributed by atoms with E-state index in [1.165, 1.54) is 18.2 Å². The smallest absolute Gasteiger partial charge is 0.406 e. The lowest BCUT2D eigenvalue weighted by atomic mass is 10.1. The molecule has 1 aliphatic heterocycles. The predicted octanol–water partition coefficient (Wildman–Crippen LogP) is 3.15. The Morgan fingerprint density at radius 1 is 1.09 bits per heavy atom. The lowest BCUT2D eigenvalue weighted by molar-refractivity contribution is -0.274. The van der Waals surface area contributed by atoms with Gasteiger partial charge >= 0.3 is 6.36 Å². The molecule has 0 spiro atoms. The number of benzene rings is 1. The molecule has 0 amide bonds. The maximum atomic E-state index is 12.6. The van der Waals surface area contributed by atoms with E-state index >= 15 is 0 Å². The summed E-state index contributed by atoms with van der Waals surface area (Å²) in [5, 5.41) is 6.53. The summed E-state index contributed by atoms with van der Waals surface area (Å²) >= 11 is 0. The normalized spacial score (nSPS) is 15.0. The second-order valence-corrected chi connectivity index (χ2v) is 8.00. The maximum Gasteiger partial charge on any atom is 0.573 e. The number of hydrogen-bond donors (Lipinski definition) is 2. The first-order valence-electron chi connectivity index (χ1n) is 11.0. The van der Waals surface area contributed by atoms with Gasteiger partial charge in [0.1, 0.15) is 11.6 Å². The summed E-state index contributed by atoms with van der Waals surface area (Å²) in [5.41, 5.74) is 1.01. The van der Waals surface area contributed by atoms with Crippen LogP contribution in [0.15, 0.2) is 30.3 Å². The number of nitrogens with one attached hydrogen (secondary N) is 2. The third kappa shape index (κ3) is 9.03. The minimum atomic E-state index is -4.75. The number of ether oxygens (including phenoxy) is 2. The van der Waals surface area contributed by atoms with Gasteiger partial charge in [-0.15, -0.1) is 13.2 Å². The summed E-state index contributed by atoms with van der Waals surface area (Å²) < 4.78 is 47.4. The van der Waals surface area contributed by atoms with E-state index in [0.29, 0.717) is 36.1 Å². The van der Waals surface area contributed by atoms with Crippen LogP contribution in [0.3, 0.4) is 0 Å². The summed E-state index contributed by atoms with van der Waals surface area (Å²) in [6.45, 7) is 6.34. The Morgan fingerprint density at radius 2 is 1.88 bits per heavy atom. The Balaban J connectivity index is 1.73. The number of aromatic nitrogens is 2. The highest BCUT2D eigenvalue weighted by Crippen LogP contribution is 2.28. The first-order chi connectivity index (χ1) is 15.8. The van der Waals surface area contributed by atoms with Crippen molar-refractivity contribution in [1.82, 2.24) is 19.8 Å². The quantitative estimate of drug-likeness (QED) is 0.488. The van der Waals surface area contributed by atoms with Crippen LogP contribution >= 0.6 is 0 Å². The number of anilines is 2. The monoisotopic (exact) mass is 468 g/mol. The van der Waals surface area contributed by atoms with E-state index in [-0.39, 0.29) is 5.75 Å². The zero-order chi connectivity index (χ0) is 23.7. The number of halogens is 3. The fourth-order valence-corrected chi connectivity index (χ4v) is 3.38. The summed E-state index contributed by atoms with van der Waals surface area (Å²) in [7, 11) is 4.01. The molecule has 0 aliphatic carbocycles. The lowest BCUT2D eigenvalue weighted by Crippen LogP contribution is -2.39. The molecule has 2 heterocycles. The average molecular weight is 469 g/mol. The average Bonchev–Trinajstić information content (AvgIpc) is 2.76. The Bertz CT molecular complexity index is 875. The van der Waals surface area contributed by atoms with E-state index in [1.54, 1.807) is 12.1 Å². The number of hydrogen-bond acceptors (Lipinski definition) is 8. The highest BCUT2D eigenvalue weighted by atomic mass is 19.4. The van der Waals surface area contributed by atoms with Gasteiger partial charge in [-0.3, -0.25) is 4.90 Å². The Morgan fingerprint density at radius 3 is 2.61 bits per heavy atom. The van der Waals surface area contributed by atoms with Crippen LogP contribution < -0.4 is 15.4 Å². The molecule has 0 saturated carbocycles. The number of alkyl halides is 3. The van der Waals surface area contributed by atoms with E-state index < -0.39 is 6.36 Å². The second kappa shape index (κ2) is 12.0. The first kappa shape index (κ1) is 25.0. The minimum Gasteiger partial charge on any atom is -0.406 e. The van der Waals surface area contributed by atoms with Gasteiger partial charge in [0, 0.05) is 44.4 Å². The van der Waals surface area contributed by atoms with Crippen LogP contribution in [0.5, 0.6) is 5.75 Å². The number of nitrogens with zero attached hydrogens (tertiary/aromatic N) is 4. The van der Waals surface area contributed by atoms with Crippen LogP contribution in [0, 0.1) is 0 Å². The van der Waals surface area contributed by atoms with Crippen molar-refractivity contribution in [2.24, 2.45) is 0 Å². The number of rotatable bonds is 11. The summed E-state index contributed by atoms with van der Waals surface area (Å²) in [6, 6.07) is 7.52. The third-order valence-electron chi connectivity index (χ3n) is 4.99. The van der Waals surface area contributed by atoms with E-state index in [4.69, 9.17) is 4.74 Å². The van der Waals surface area contributed by atoms with Crippen molar-refractivity contribution in [2.45, 2.75) is 12.8 Å². The molecule has 3 rings (SSSR count). The van der Waals surface area contributed by atoms with Gasteiger partial charge in [-0.1, -0.05) is 12.1 Å². The van der Waals surface area contributed by atoms with Gasteiger partial charge in [0.25, 0.3) is 0 Å².